The molecule has 0 amide bonds. The van der Waals surface area contributed by atoms with Gasteiger partial charge in [-0.2, -0.15) is 0 Å². The highest BCUT2D eigenvalue weighted by atomic mass is 32.2. The average molecular weight is 317 g/mol. The molecule has 0 aliphatic carbocycles. The Morgan fingerprint density at radius 2 is 1.91 bits per heavy atom. The summed E-state index contributed by atoms with van der Waals surface area (Å²) in [7, 11) is -3.13. The van der Waals surface area contributed by atoms with Crippen molar-refractivity contribution in [3.8, 4) is 11.3 Å². The van der Waals surface area contributed by atoms with Crippen molar-refractivity contribution in [1.82, 2.24) is 14.3 Å². The first-order valence-corrected chi connectivity index (χ1v) is 9.21. The monoisotopic (exact) mass is 317 g/mol. The number of aromatic nitrogens is 2. The van der Waals surface area contributed by atoms with Crippen LogP contribution in [0.1, 0.15) is 24.5 Å². The van der Waals surface area contributed by atoms with Crippen LogP contribution < -0.4 is 0 Å². The molecule has 116 valence electrons. The zero-order valence-electron chi connectivity index (χ0n) is 12.5. The highest BCUT2D eigenvalue weighted by molar-refractivity contribution is 7.88. The van der Waals surface area contributed by atoms with Gasteiger partial charge in [-0.25, -0.2) is 12.7 Å². The van der Waals surface area contributed by atoms with Gasteiger partial charge in [0.1, 0.15) is 0 Å². The zero-order chi connectivity index (χ0) is 15.6. The van der Waals surface area contributed by atoms with E-state index in [4.69, 9.17) is 0 Å². The maximum absolute atomic E-state index is 11.7. The molecule has 6 heteroatoms. The van der Waals surface area contributed by atoms with Crippen molar-refractivity contribution in [3.63, 3.8) is 0 Å². The fourth-order valence-corrected chi connectivity index (χ4v) is 3.70. The van der Waals surface area contributed by atoms with E-state index in [1.54, 1.807) is 12.4 Å². The topological polar surface area (TPSA) is 63.2 Å². The Labute approximate surface area is 131 Å². The molecule has 1 aromatic carbocycles. The summed E-state index contributed by atoms with van der Waals surface area (Å²) in [5.74, 6) is 0.126. The lowest BCUT2D eigenvalue weighted by Gasteiger charge is -2.30. The number of piperidine rings is 1. The lowest BCUT2D eigenvalue weighted by molar-refractivity contribution is 0.314. The summed E-state index contributed by atoms with van der Waals surface area (Å²) in [6.45, 7) is 1.10. The Morgan fingerprint density at radius 1 is 1.14 bits per heavy atom. The van der Waals surface area contributed by atoms with Crippen LogP contribution in [0.15, 0.2) is 42.7 Å². The van der Waals surface area contributed by atoms with Gasteiger partial charge < -0.3 is 0 Å². The van der Waals surface area contributed by atoms with E-state index in [1.807, 2.05) is 30.3 Å². The van der Waals surface area contributed by atoms with Gasteiger partial charge in [0.15, 0.2) is 0 Å². The second-order valence-electron chi connectivity index (χ2n) is 5.65. The highest BCUT2D eigenvalue weighted by Gasteiger charge is 2.27. The Kier molecular flexibility index (Phi) is 4.22. The van der Waals surface area contributed by atoms with Crippen LogP contribution in [0.25, 0.3) is 11.3 Å². The molecule has 0 spiro atoms. The molecule has 2 aromatic rings. The van der Waals surface area contributed by atoms with Gasteiger partial charge in [-0.1, -0.05) is 30.3 Å². The first-order chi connectivity index (χ1) is 10.5. The summed E-state index contributed by atoms with van der Waals surface area (Å²) in [5.41, 5.74) is 2.73. The molecule has 1 aliphatic heterocycles. The predicted molar refractivity (Wildman–Crippen MR) is 85.9 cm³/mol. The lowest BCUT2D eigenvalue weighted by atomic mass is 9.96. The number of sulfonamides is 1. The van der Waals surface area contributed by atoms with Crippen molar-refractivity contribution in [2.24, 2.45) is 0 Å². The molecule has 3 rings (SSSR count). The molecule has 5 nitrogen and oxygen atoms in total. The van der Waals surface area contributed by atoms with E-state index in [1.165, 1.54) is 10.6 Å². The van der Waals surface area contributed by atoms with Crippen molar-refractivity contribution < 1.29 is 8.42 Å². The summed E-state index contributed by atoms with van der Waals surface area (Å²) in [4.78, 5) is 8.99. The second kappa shape index (κ2) is 6.14. The van der Waals surface area contributed by atoms with Gasteiger partial charge >= 0.3 is 0 Å². The fourth-order valence-electron chi connectivity index (χ4n) is 2.79. The molecule has 0 bridgehead atoms. The number of hydrogen-bond donors (Lipinski definition) is 0. The van der Waals surface area contributed by atoms with E-state index >= 15 is 0 Å². The van der Waals surface area contributed by atoms with E-state index in [2.05, 4.69) is 9.97 Å². The average Bonchev–Trinajstić information content (AvgIpc) is 2.55. The molecular weight excluding hydrogens is 298 g/mol. The number of nitrogens with zero attached hydrogens (tertiary/aromatic N) is 3. The molecule has 0 radical (unpaired) electrons. The molecule has 0 saturated carbocycles. The molecule has 1 aromatic heterocycles. The summed E-state index contributed by atoms with van der Waals surface area (Å²) in [5, 5.41) is 0. The van der Waals surface area contributed by atoms with Crippen LogP contribution in [0.5, 0.6) is 0 Å². The van der Waals surface area contributed by atoms with E-state index in [0.717, 1.165) is 29.8 Å². The summed E-state index contributed by atoms with van der Waals surface area (Å²) in [6, 6.07) is 9.89. The third-order valence-corrected chi connectivity index (χ3v) is 5.28. The summed E-state index contributed by atoms with van der Waals surface area (Å²) < 4.78 is 24.9. The molecule has 0 N–H and O–H groups in total. The molecule has 2 heterocycles. The van der Waals surface area contributed by atoms with E-state index in [-0.39, 0.29) is 5.92 Å². The molecule has 1 aliphatic rings. The highest BCUT2D eigenvalue weighted by Crippen LogP contribution is 2.27. The minimum absolute atomic E-state index is 0.126. The Bertz CT molecular complexity index is 730. The maximum atomic E-state index is 11.7. The normalized spacial score (nSPS) is 20.0. The maximum Gasteiger partial charge on any atom is 0.211 e. The van der Waals surface area contributed by atoms with Gasteiger partial charge in [0, 0.05) is 30.8 Å². The summed E-state index contributed by atoms with van der Waals surface area (Å²) >= 11 is 0. The first-order valence-electron chi connectivity index (χ1n) is 7.36. The quantitative estimate of drug-likeness (QED) is 0.871. The van der Waals surface area contributed by atoms with Crippen LogP contribution in [-0.2, 0) is 10.0 Å². The number of hydrogen-bond acceptors (Lipinski definition) is 4. The van der Waals surface area contributed by atoms with E-state index < -0.39 is 10.0 Å². The SMILES string of the molecule is CS(=O)(=O)N1CCC[C@@H](c2cnc(-c3ccccc3)cn2)C1. The van der Waals surface area contributed by atoms with Crippen molar-refractivity contribution in [1.29, 1.82) is 0 Å². The van der Waals surface area contributed by atoms with Gasteiger partial charge in [-0.05, 0) is 12.8 Å². The largest absolute Gasteiger partial charge is 0.257 e. The third-order valence-electron chi connectivity index (χ3n) is 4.01. The second-order valence-corrected chi connectivity index (χ2v) is 7.64. The third kappa shape index (κ3) is 3.34. The van der Waals surface area contributed by atoms with Crippen LogP contribution in [0, 0.1) is 0 Å². The van der Waals surface area contributed by atoms with Crippen LogP contribution in [0.2, 0.25) is 0 Å². The number of benzene rings is 1. The Morgan fingerprint density at radius 3 is 2.55 bits per heavy atom. The predicted octanol–water partition coefficient (Wildman–Crippen LogP) is 2.28. The van der Waals surface area contributed by atoms with Crippen LogP contribution in [0.4, 0.5) is 0 Å². The number of rotatable bonds is 3. The van der Waals surface area contributed by atoms with E-state index in [9.17, 15) is 8.42 Å². The van der Waals surface area contributed by atoms with Crippen molar-refractivity contribution in [2.75, 3.05) is 19.3 Å². The fraction of sp³-hybridized carbons (Fsp3) is 0.375. The Balaban J connectivity index is 1.78. The van der Waals surface area contributed by atoms with Crippen molar-refractivity contribution >= 4 is 10.0 Å². The van der Waals surface area contributed by atoms with Crippen molar-refractivity contribution in [3.05, 3.63) is 48.4 Å². The van der Waals surface area contributed by atoms with Crippen LogP contribution >= 0.6 is 0 Å². The molecule has 0 unspecified atom stereocenters. The van der Waals surface area contributed by atoms with Gasteiger partial charge in [-0.3, -0.25) is 9.97 Å². The van der Waals surface area contributed by atoms with Crippen molar-refractivity contribution in [2.45, 2.75) is 18.8 Å². The van der Waals surface area contributed by atoms with Gasteiger partial charge in [0.05, 0.1) is 23.8 Å². The molecule has 1 atom stereocenters. The van der Waals surface area contributed by atoms with E-state index in [0.29, 0.717) is 13.1 Å². The van der Waals surface area contributed by atoms with Gasteiger partial charge in [0.2, 0.25) is 10.0 Å². The molecular formula is C16H19N3O2S. The first kappa shape index (κ1) is 15.1. The van der Waals surface area contributed by atoms with Gasteiger partial charge in [-0.15, -0.1) is 0 Å². The Hall–Kier alpha value is -1.79. The standard InChI is InChI=1S/C16H19N3O2S/c1-22(20,21)19-9-5-8-14(12-19)16-11-17-15(10-18-16)13-6-3-2-4-7-13/h2-4,6-7,10-11,14H,5,8-9,12H2,1H3/t14-/m1/s1. The molecule has 22 heavy (non-hydrogen) atoms. The lowest BCUT2D eigenvalue weighted by Crippen LogP contribution is -2.38. The zero-order valence-corrected chi connectivity index (χ0v) is 13.3. The molecule has 1 fully saturated rings. The molecule has 1 saturated heterocycles. The van der Waals surface area contributed by atoms with Crippen LogP contribution in [0.3, 0.4) is 0 Å². The summed E-state index contributed by atoms with van der Waals surface area (Å²) in [6.07, 6.45) is 6.62. The van der Waals surface area contributed by atoms with Crippen LogP contribution in [-0.4, -0.2) is 42.0 Å². The minimum Gasteiger partial charge on any atom is -0.257 e. The smallest absolute Gasteiger partial charge is 0.211 e. The minimum atomic E-state index is -3.13. The van der Waals surface area contributed by atoms with Gasteiger partial charge in [0.25, 0.3) is 0 Å².